The maximum Gasteiger partial charge on any atom is 0.251 e. The predicted molar refractivity (Wildman–Crippen MR) is 85.7 cm³/mol. The number of amides is 1. The first kappa shape index (κ1) is 16.5. The Bertz CT molecular complexity index is 542. The normalized spacial score (nSPS) is 24.7. The third-order valence-electron chi connectivity index (χ3n) is 4.00. The number of carbonyl (C=O) groups excluding carboxylic acids is 1. The van der Waals surface area contributed by atoms with Crippen LogP contribution < -0.4 is 0 Å². The Balaban J connectivity index is 2.37. The van der Waals surface area contributed by atoms with Crippen molar-refractivity contribution >= 4 is 11.8 Å². The van der Waals surface area contributed by atoms with E-state index >= 15 is 0 Å². The highest BCUT2D eigenvalue weighted by atomic mass is 16.5. The molecule has 1 heterocycles. The molecule has 1 aromatic carbocycles. The van der Waals surface area contributed by atoms with Crippen molar-refractivity contribution in [3.8, 4) is 0 Å². The molecule has 0 saturated heterocycles. The molecule has 0 radical (unpaired) electrons. The van der Waals surface area contributed by atoms with Gasteiger partial charge in [0.25, 0.3) is 5.91 Å². The van der Waals surface area contributed by atoms with Crippen LogP contribution in [-0.4, -0.2) is 46.6 Å². The fourth-order valence-corrected chi connectivity index (χ4v) is 2.80. The minimum atomic E-state index is -0.846. The second-order valence-corrected chi connectivity index (χ2v) is 5.59. The molecule has 0 aliphatic carbocycles. The SMILES string of the molecule is CCOC1=N[C@H]([C@@H](C)O)C(=O)N([C@@H](C)c2ccccc2)[C@@H]1C. The number of carbonyl (C=O) groups is 1. The highest BCUT2D eigenvalue weighted by Gasteiger charge is 2.41. The van der Waals surface area contributed by atoms with Crippen molar-refractivity contribution in [1.82, 2.24) is 4.90 Å². The van der Waals surface area contributed by atoms with Gasteiger partial charge in [-0.1, -0.05) is 30.3 Å². The summed E-state index contributed by atoms with van der Waals surface area (Å²) in [6.45, 7) is 7.84. The number of aliphatic hydroxyl groups excluding tert-OH is 1. The quantitative estimate of drug-likeness (QED) is 0.927. The summed E-state index contributed by atoms with van der Waals surface area (Å²) in [7, 11) is 0. The van der Waals surface area contributed by atoms with Gasteiger partial charge in [-0.2, -0.15) is 0 Å². The van der Waals surface area contributed by atoms with Crippen LogP contribution in [0.15, 0.2) is 35.3 Å². The van der Waals surface area contributed by atoms with Crippen LogP contribution >= 0.6 is 0 Å². The average Bonchev–Trinajstić information content (AvgIpc) is 2.50. The summed E-state index contributed by atoms with van der Waals surface area (Å²) in [6, 6.07) is 8.67. The maximum absolute atomic E-state index is 12.7. The zero-order valence-corrected chi connectivity index (χ0v) is 13.6. The van der Waals surface area contributed by atoms with Crippen molar-refractivity contribution in [3.05, 3.63) is 35.9 Å². The van der Waals surface area contributed by atoms with Gasteiger partial charge in [0.2, 0.25) is 5.90 Å². The van der Waals surface area contributed by atoms with E-state index in [1.807, 2.05) is 51.1 Å². The molecule has 0 fully saturated rings. The Hall–Kier alpha value is -1.88. The average molecular weight is 304 g/mol. The Kier molecular flexibility index (Phi) is 5.19. The van der Waals surface area contributed by atoms with E-state index in [0.29, 0.717) is 12.5 Å². The second-order valence-electron chi connectivity index (χ2n) is 5.59. The highest BCUT2D eigenvalue weighted by Crippen LogP contribution is 2.28. The summed E-state index contributed by atoms with van der Waals surface area (Å²) in [6.07, 6.45) is -0.846. The molecular weight excluding hydrogens is 280 g/mol. The molecule has 0 bridgehead atoms. The number of nitrogens with zero attached hydrogens (tertiary/aromatic N) is 2. The van der Waals surface area contributed by atoms with E-state index in [9.17, 15) is 9.90 Å². The molecule has 5 heteroatoms. The lowest BCUT2D eigenvalue weighted by atomic mass is 10.00. The van der Waals surface area contributed by atoms with Crippen molar-refractivity contribution in [2.45, 2.75) is 51.9 Å². The Morgan fingerprint density at radius 2 is 1.95 bits per heavy atom. The number of hydrogen-bond acceptors (Lipinski definition) is 4. The van der Waals surface area contributed by atoms with Crippen molar-refractivity contribution in [2.24, 2.45) is 4.99 Å². The number of ether oxygens (including phenoxy) is 1. The van der Waals surface area contributed by atoms with E-state index < -0.39 is 12.1 Å². The molecule has 4 atom stereocenters. The molecule has 1 aliphatic heterocycles. The molecule has 22 heavy (non-hydrogen) atoms. The Morgan fingerprint density at radius 1 is 1.32 bits per heavy atom. The summed E-state index contributed by atoms with van der Waals surface area (Å²) in [5.74, 6) is 0.345. The van der Waals surface area contributed by atoms with E-state index in [0.717, 1.165) is 5.56 Å². The van der Waals surface area contributed by atoms with Gasteiger partial charge < -0.3 is 14.7 Å². The van der Waals surface area contributed by atoms with E-state index in [4.69, 9.17) is 4.74 Å². The standard InChI is InChI=1S/C17H24N2O3/c1-5-22-16-12(3)19(17(21)15(18-16)13(4)20)11(2)14-9-7-6-8-10-14/h6-13,15,20H,5H2,1-4H3/t11-,12+,13+,15+/m0/s1. The highest BCUT2D eigenvalue weighted by molar-refractivity contribution is 5.95. The van der Waals surface area contributed by atoms with Crippen LogP contribution in [-0.2, 0) is 9.53 Å². The second kappa shape index (κ2) is 6.92. The lowest BCUT2D eigenvalue weighted by Gasteiger charge is -2.40. The number of aliphatic imine (C=N–C) groups is 1. The zero-order valence-electron chi connectivity index (χ0n) is 13.6. The van der Waals surface area contributed by atoms with E-state index in [1.54, 1.807) is 11.8 Å². The molecule has 120 valence electrons. The van der Waals surface area contributed by atoms with Crippen molar-refractivity contribution in [2.75, 3.05) is 6.61 Å². The largest absolute Gasteiger partial charge is 0.480 e. The van der Waals surface area contributed by atoms with Gasteiger partial charge in [-0.15, -0.1) is 0 Å². The molecule has 1 aliphatic rings. The van der Waals surface area contributed by atoms with E-state index in [2.05, 4.69) is 4.99 Å². The van der Waals surface area contributed by atoms with Gasteiger partial charge in [-0.05, 0) is 33.3 Å². The summed E-state index contributed by atoms with van der Waals surface area (Å²) in [5.41, 5.74) is 1.05. The van der Waals surface area contributed by atoms with Gasteiger partial charge in [0.15, 0.2) is 6.04 Å². The third-order valence-corrected chi connectivity index (χ3v) is 4.00. The summed E-state index contributed by atoms with van der Waals surface area (Å²) < 4.78 is 5.59. The summed E-state index contributed by atoms with van der Waals surface area (Å²) in [4.78, 5) is 18.8. The molecule has 1 N–H and O–H groups in total. The van der Waals surface area contributed by atoms with E-state index in [1.165, 1.54) is 0 Å². The number of rotatable bonds is 4. The molecule has 0 saturated carbocycles. The summed E-state index contributed by atoms with van der Waals surface area (Å²) >= 11 is 0. The van der Waals surface area contributed by atoms with Gasteiger partial charge >= 0.3 is 0 Å². The lowest BCUT2D eigenvalue weighted by molar-refractivity contribution is -0.139. The fourth-order valence-electron chi connectivity index (χ4n) is 2.80. The zero-order chi connectivity index (χ0) is 16.3. The van der Waals surface area contributed by atoms with Gasteiger partial charge in [-0.3, -0.25) is 4.79 Å². The monoisotopic (exact) mass is 304 g/mol. The lowest BCUT2D eigenvalue weighted by Crippen LogP contribution is -2.55. The topological polar surface area (TPSA) is 62.1 Å². The number of hydrogen-bond donors (Lipinski definition) is 1. The first-order valence-electron chi connectivity index (χ1n) is 7.73. The maximum atomic E-state index is 12.7. The molecular formula is C17H24N2O3. The van der Waals surface area contributed by atoms with Crippen LogP contribution in [0.4, 0.5) is 0 Å². The first-order valence-corrected chi connectivity index (χ1v) is 7.73. The Morgan fingerprint density at radius 3 is 2.50 bits per heavy atom. The van der Waals surface area contributed by atoms with Gasteiger partial charge in [-0.25, -0.2) is 4.99 Å². The van der Waals surface area contributed by atoms with Crippen LogP contribution in [0.5, 0.6) is 0 Å². The minimum Gasteiger partial charge on any atom is -0.480 e. The smallest absolute Gasteiger partial charge is 0.251 e. The number of benzene rings is 1. The number of aliphatic hydroxyl groups is 1. The van der Waals surface area contributed by atoms with Crippen molar-refractivity contribution < 1.29 is 14.6 Å². The van der Waals surface area contributed by atoms with Gasteiger partial charge in [0.05, 0.1) is 18.8 Å². The summed E-state index contributed by atoms with van der Waals surface area (Å²) in [5, 5.41) is 9.88. The molecule has 0 spiro atoms. The van der Waals surface area contributed by atoms with Crippen LogP contribution in [0, 0.1) is 0 Å². The third kappa shape index (κ3) is 3.14. The van der Waals surface area contributed by atoms with Gasteiger partial charge in [0, 0.05) is 0 Å². The molecule has 5 nitrogen and oxygen atoms in total. The molecule has 0 aromatic heterocycles. The van der Waals surface area contributed by atoms with Crippen LogP contribution in [0.1, 0.15) is 39.3 Å². The fraction of sp³-hybridized carbons (Fsp3) is 0.529. The minimum absolute atomic E-state index is 0.115. The van der Waals surface area contributed by atoms with Crippen LogP contribution in [0.3, 0.4) is 0 Å². The van der Waals surface area contributed by atoms with E-state index in [-0.39, 0.29) is 18.0 Å². The van der Waals surface area contributed by atoms with Crippen LogP contribution in [0.25, 0.3) is 0 Å². The van der Waals surface area contributed by atoms with Crippen LogP contribution in [0.2, 0.25) is 0 Å². The molecule has 0 unspecified atom stereocenters. The molecule has 1 amide bonds. The predicted octanol–water partition coefficient (Wildman–Crippen LogP) is 2.16. The first-order chi connectivity index (χ1) is 10.5. The van der Waals surface area contributed by atoms with Crippen molar-refractivity contribution in [1.29, 1.82) is 0 Å². The molecule has 1 aromatic rings. The van der Waals surface area contributed by atoms with Gasteiger partial charge in [0.1, 0.15) is 6.04 Å². The molecule has 2 rings (SSSR count). The Labute approximate surface area is 131 Å². The van der Waals surface area contributed by atoms with Crippen molar-refractivity contribution in [3.63, 3.8) is 0 Å².